The minimum Gasteiger partial charge on any atom is -0.368 e. The van der Waals surface area contributed by atoms with Gasteiger partial charge >= 0.3 is 0 Å². The molecule has 0 bridgehead atoms. The van der Waals surface area contributed by atoms with Crippen molar-refractivity contribution >= 4 is 28.5 Å². The van der Waals surface area contributed by atoms with Gasteiger partial charge in [-0.3, -0.25) is 5.10 Å². The summed E-state index contributed by atoms with van der Waals surface area (Å²) >= 11 is 0. The van der Waals surface area contributed by atoms with Gasteiger partial charge in [0.2, 0.25) is 5.95 Å². The van der Waals surface area contributed by atoms with Crippen molar-refractivity contribution in [1.82, 2.24) is 20.2 Å². The molecule has 96 valence electrons. The fourth-order valence-electron chi connectivity index (χ4n) is 1.90. The molecule has 3 N–H and O–H groups in total. The van der Waals surface area contributed by atoms with Crippen molar-refractivity contribution in [2.45, 2.75) is 0 Å². The maximum Gasteiger partial charge on any atom is 0.224 e. The van der Waals surface area contributed by atoms with Crippen molar-refractivity contribution in [3.8, 4) is 0 Å². The maximum atomic E-state index is 13.3. The summed E-state index contributed by atoms with van der Waals surface area (Å²) in [5.74, 6) is 0.395. The Labute approximate surface area is 108 Å². The van der Waals surface area contributed by atoms with Crippen molar-refractivity contribution in [2.24, 2.45) is 0 Å². The van der Waals surface area contributed by atoms with Crippen LogP contribution in [0.1, 0.15) is 0 Å². The molecule has 0 unspecified atom stereocenters. The molecule has 6 nitrogen and oxygen atoms in total. The van der Waals surface area contributed by atoms with Crippen LogP contribution in [0.2, 0.25) is 0 Å². The molecule has 0 saturated heterocycles. The van der Waals surface area contributed by atoms with Gasteiger partial charge in [0.05, 0.1) is 11.6 Å². The fourth-order valence-corrected chi connectivity index (χ4v) is 1.90. The Kier molecular flexibility index (Phi) is 2.52. The van der Waals surface area contributed by atoms with Crippen LogP contribution in [0.5, 0.6) is 0 Å². The van der Waals surface area contributed by atoms with E-state index in [-0.39, 0.29) is 11.8 Å². The molecule has 1 aromatic carbocycles. The van der Waals surface area contributed by atoms with Crippen LogP contribution in [0.25, 0.3) is 11.0 Å². The zero-order chi connectivity index (χ0) is 13.4. The molecule has 19 heavy (non-hydrogen) atoms. The number of nitrogen functional groups attached to an aromatic ring is 1. The molecule has 3 aromatic rings. The second kappa shape index (κ2) is 4.20. The second-order valence-electron chi connectivity index (χ2n) is 4.08. The monoisotopic (exact) mass is 258 g/mol. The molecule has 2 aromatic heterocycles. The Balaban J connectivity index is 2.15. The third-order valence-electron chi connectivity index (χ3n) is 2.82. The molecule has 0 fully saturated rings. The van der Waals surface area contributed by atoms with Gasteiger partial charge in [0.1, 0.15) is 11.6 Å². The van der Waals surface area contributed by atoms with Gasteiger partial charge in [-0.1, -0.05) is 6.07 Å². The van der Waals surface area contributed by atoms with E-state index in [4.69, 9.17) is 5.73 Å². The normalized spacial score (nSPS) is 10.8. The Bertz CT molecular complexity index is 738. The fraction of sp³-hybridized carbons (Fsp3) is 0.0833. The van der Waals surface area contributed by atoms with E-state index in [0.717, 1.165) is 5.39 Å². The van der Waals surface area contributed by atoms with Gasteiger partial charge in [-0.05, 0) is 18.2 Å². The Hall–Kier alpha value is -2.70. The Morgan fingerprint density at radius 2 is 2.16 bits per heavy atom. The number of benzene rings is 1. The Morgan fingerprint density at radius 3 is 2.95 bits per heavy atom. The van der Waals surface area contributed by atoms with Crippen molar-refractivity contribution in [2.75, 3.05) is 17.7 Å². The average molecular weight is 258 g/mol. The number of halogens is 1. The van der Waals surface area contributed by atoms with E-state index >= 15 is 0 Å². The molecule has 0 amide bonds. The largest absolute Gasteiger partial charge is 0.368 e. The number of nitrogens with one attached hydrogen (secondary N) is 1. The number of hydrogen-bond donors (Lipinski definition) is 2. The summed E-state index contributed by atoms with van der Waals surface area (Å²) in [6.07, 6.45) is 1.61. The Morgan fingerprint density at radius 1 is 1.32 bits per heavy atom. The highest BCUT2D eigenvalue weighted by Crippen LogP contribution is 2.28. The van der Waals surface area contributed by atoms with Crippen LogP contribution in [-0.4, -0.2) is 27.2 Å². The lowest BCUT2D eigenvalue weighted by Crippen LogP contribution is -2.13. The van der Waals surface area contributed by atoms with Gasteiger partial charge in [0.15, 0.2) is 5.65 Å². The third kappa shape index (κ3) is 1.95. The summed E-state index contributed by atoms with van der Waals surface area (Å²) in [6, 6.07) is 6.23. The molecular weight excluding hydrogens is 247 g/mol. The van der Waals surface area contributed by atoms with Crippen molar-refractivity contribution in [3.05, 3.63) is 36.3 Å². The molecule has 2 heterocycles. The standard InChI is InChI=1S/C12H11FN6/c1-19(8-4-2-3-7(13)5-8)11-9-6-15-18-10(9)16-12(14)17-11/h2-6H,1H3,(H3,14,15,16,17,18). The lowest BCUT2D eigenvalue weighted by molar-refractivity contribution is 0.628. The predicted molar refractivity (Wildman–Crippen MR) is 70.6 cm³/mol. The van der Waals surface area contributed by atoms with E-state index in [1.54, 1.807) is 30.3 Å². The first-order chi connectivity index (χ1) is 9.15. The minimum atomic E-state index is -0.310. The summed E-state index contributed by atoms with van der Waals surface area (Å²) in [6.45, 7) is 0. The zero-order valence-corrected chi connectivity index (χ0v) is 10.1. The van der Waals surface area contributed by atoms with Gasteiger partial charge < -0.3 is 10.6 Å². The number of fused-ring (bicyclic) bond motifs is 1. The van der Waals surface area contributed by atoms with Crippen LogP contribution >= 0.6 is 0 Å². The van der Waals surface area contributed by atoms with Gasteiger partial charge in [0.25, 0.3) is 0 Å². The number of H-pyrrole nitrogens is 1. The highest BCUT2D eigenvalue weighted by molar-refractivity contribution is 5.89. The van der Waals surface area contributed by atoms with Crippen LogP contribution in [0.4, 0.5) is 21.8 Å². The van der Waals surface area contributed by atoms with Crippen LogP contribution in [0, 0.1) is 5.82 Å². The number of nitrogens with two attached hydrogens (primary N) is 1. The molecular formula is C12H11FN6. The average Bonchev–Trinajstić information content (AvgIpc) is 2.85. The van der Waals surface area contributed by atoms with Crippen LogP contribution in [0.3, 0.4) is 0 Å². The second-order valence-corrected chi connectivity index (χ2v) is 4.08. The first-order valence-electron chi connectivity index (χ1n) is 5.61. The van der Waals surface area contributed by atoms with Crippen molar-refractivity contribution < 1.29 is 4.39 Å². The van der Waals surface area contributed by atoms with Crippen molar-refractivity contribution in [1.29, 1.82) is 0 Å². The molecule has 0 atom stereocenters. The molecule has 3 rings (SSSR count). The minimum absolute atomic E-state index is 0.134. The van der Waals surface area contributed by atoms with E-state index in [2.05, 4.69) is 20.2 Å². The number of aromatic amines is 1. The third-order valence-corrected chi connectivity index (χ3v) is 2.82. The quantitative estimate of drug-likeness (QED) is 0.732. The summed E-state index contributed by atoms with van der Waals surface area (Å²) in [4.78, 5) is 9.96. The van der Waals surface area contributed by atoms with E-state index in [1.807, 2.05) is 0 Å². The van der Waals surface area contributed by atoms with Gasteiger partial charge in [-0.2, -0.15) is 15.1 Å². The van der Waals surface area contributed by atoms with Gasteiger partial charge in [0, 0.05) is 12.7 Å². The lowest BCUT2D eigenvalue weighted by atomic mass is 10.2. The molecule has 0 aliphatic heterocycles. The maximum absolute atomic E-state index is 13.3. The summed E-state index contributed by atoms with van der Waals surface area (Å²) in [7, 11) is 1.78. The van der Waals surface area contributed by atoms with Gasteiger partial charge in [-0.15, -0.1) is 0 Å². The van der Waals surface area contributed by atoms with E-state index in [0.29, 0.717) is 17.2 Å². The smallest absolute Gasteiger partial charge is 0.224 e. The van der Waals surface area contributed by atoms with Gasteiger partial charge in [-0.25, -0.2) is 4.39 Å². The highest BCUT2D eigenvalue weighted by Gasteiger charge is 2.13. The van der Waals surface area contributed by atoms with E-state index in [1.165, 1.54) is 12.1 Å². The SMILES string of the molecule is CN(c1cccc(F)c1)c1nc(N)nc2[nH]ncc12. The van der Waals surface area contributed by atoms with Crippen LogP contribution in [0.15, 0.2) is 30.5 Å². The molecule has 0 saturated carbocycles. The van der Waals surface area contributed by atoms with Crippen LogP contribution < -0.4 is 10.6 Å². The highest BCUT2D eigenvalue weighted by atomic mass is 19.1. The number of hydrogen-bond acceptors (Lipinski definition) is 5. The first kappa shape index (κ1) is 11.4. The van der Waals surface area contributed by atoms with Crippen molar-refractivity contribution in [3.63, 3.8) is 0 Å². The molecule has 7 heteroatoms. The zero-order valence-electron chi connectivity index (χ0n) is 10.1. The molecule has 0 radical (unpaired) electrons. The molecule has 0 spiro atoms. The summed E-state index contributed by atoms with van der Waals surface area (Å²) < 4.78 is 13.3. The number of aromatic nitrogens is 4. The summed E-state index contributed by atoms with van der Waals surface area (Å²) in [5.41, 5.74) is 6.87. The first-order valence-corrected chi connectivity index (χ1v) is 5.61. The topological polar surface area (TPSA) is 83.7 Å². The number of nitrogens with zero attached hydrogens (tertiary/aromatic N) is 4. The number of rotatable bonds is 2. The van der Waals surface area contributed by atoms with E-state index < -0.39 is 0 Å². The molecule has 0 aliphatic carbocycles. The number of anilines is 3. The summed E-state index contributed by atoms with van der Waals surface area (Å²) in [5, 5.41) is 7.37. The molecule has 0 aliphatic rings. The predicted octanol–water partition coefficient (Wildman–Crippen LogP) is 1.84. The lowest BCUT2D eigenvalue weighted by Gasteiger charge is -2.19. The van der Waals surface area contributed by atoms with Crippen LogP contribution in [-0.2, 0) is 0 Å². The van der Waals surface area contributed by atoms with E-state index in [9.17, 15) is 4.39 Å².